The molecule has 2 aliphatic rings. The highest BCUT2D eigenvalue weighted by molar-refractivity contribution is 7.14. The molecule has 1 aromatic heterocycles. The zero-order valence-electron chi connectivity index (χ0n) is 19.0. The highest BCUT2D eigenvalue weighted by atomic mass is 32.1. The molecule has 0 bridgehead atoms. The lowest BCUT2D eigenvalue weighted by molar-refractivity contribution is -0.117. The Bertz CT molecular complexity index is 994. The monoisotopic (exact) mass is 470 g/mol. The Labute approximate surface area is 198 Å². The number of nitrogens with zero attached hydrogens (tertiary/aromatic N) is 3. The maximum absolute atomic E-state index is 14.2. The molecule has 0 radical (unpaired) electrons. The van der Waals surface area contributed by atoms with Gasteiger partial charge in [-0.25, -0.2) is 9.37 Å². The highest BCUT2D eigenvalue weighted by Gasteiger charge is 2.24. The molecule has 0 unspecified atom stereocenters. The first-order chi connectivity index (χ1) is 16.0. The number of aromatic nitrogens is 1. The van der Waals surface area contributed by atoms with Gasteiger partial charge in [-0.05, 0) is 49.8 Å². The van der Waals surface area contributed by atoms with Gasteiger partial charge in [0.05, 0.1) is 11.4 Å². The van der Waals surface area contributed by atoms with Gasteiger partial charge in [-0.2, -0.15) is 0 Å². The molecule has 0 atom stereocenters. The fourth-order valence-electron chi connectivity index (χ4n) is 4.72. The SMILES string of the molecule is CC(=O)N(c1nc(/C=C/C(=O)NC2CCN(CC3CCCC3)CC2)cs1)c1ccccc1F. The van der Waals surface area contributed by atoms with E-state index in [1.807, 2.05) is 0 Å². The van der Waals surface area contributed by atoms with Crippen molar-refractivity contribution in [1.29, 1.82) is 0 Å². The molecular formula is C25H31FN4O2S. The molecule has 8 heteroatoms. The smallest absolute Gasteiger partial charge is 0.244 e. The predicted octanol–water partition coefficient (Wildman–Crippen LogP) is 4.75. The van der Waals surface area contributed by atoms with Crippen molar-refractivity contribution in [2.75, 3.05) is 24.5 Å². The van der Waals surface area contributed by atoms with Crippen LogP contribution in [0.2, 0.25) is 0 Å². The Kier molecular flexibility index (Phi) is 7.88. The van der Waals surface area contributed by atoms with Crippen molar-refractivity contribution >= 4 is 40.0 Å². The lowest BCUT2D eigenvalue weighted by Gasteiger charge is -2.33. The minimum absolute atomic E-state index is 0.142. The number of para-hydroxylation sites is 1. The molecule has 1 N–H and O–H groups in total. The number of rotatable bonds is 7. The van der Waals surface area contributed by atoms with Gasteiger partial charge in [0.2, 0.25) is 11.8 Å². The molecule has 2 aromatic rings. The predicted molar refractivity (Wildman–Crippen MR) is 130 cm³/mol. The molecule has 6 nitrogen and oxygen atoms in total. The summed E-state index contributed by atoms with van der Waals surface area (Å²) in [4.78, 5) is 32.8. The molecule has 1 aromatic carbocycles. The van der Waals surface area contributed by atoms with E-state index in [-0.39, 0.29) is 23.5 Å². The third-order valence-corrected chi connectivity index (χ3v) is 7.28. The summed E-state index contributed by atoms with van der Waals surface area (Å²) in [5.74, 6) is -0.105. The molecule has 1 aliphatic carbocycles. The zero-order chi connectivity index (χ0) is 23.2. The van der Waals surface area contributed by atoms with Crippen molar-refractivity contribution in [3.63, 3.8) is 0 Å². The number of hydrogen-bond donors (Lipinski definition) is 1. The van der Waals surface area contributed by atoms with E-state index in [0.717, 1.165) is 31.8 Å². The van der Waals surface area contributed by atoms with Crippen molar-refractivity contribution in [1.82, 2.24) is 15.2 Å². The van der Waals surface area contributed by atoms with Crippen LogP contribution in [0.5, 0.6) is 0 Å². The third kappa shape index (κ3) is 6.26. The molecule has 1 saturated heterocycles. The van der Waals surface area contributed by atoms with E-state index in [1.54, 1.807) is 29.7 Å². The van der Waals surface area contributed by atoms with Crippen LogP contribution < -0.4 is 10.2 Å². The normalized spacial score (nSPS) is 18.1. The highest BCUT2D eigenvalue weighted by Crippen LogP contribution is 2.31. The van der Waals surface area contributed by atoms with Crippen molar-refractivity contribution in [3.8, 4) is 0 Å². The van der Waals surface area contributed by atoms with E-state index in [2.05, 4.69) is 15.2 Å². The molecule has 2 fully saturated rings. The van der Waals surface area contributed by atoms with Crippen LogP contribution in [0.4, 0.5) is 15.2 Å². The number of carbonyl (C=O) groups is 2. The quantitative estimate of drug-likeness (QED) is 0.593. The number of anilines is 2. The Balaban J connectivity index is 1.29. The Hall–Kier alpha value is -2.58. The number of piperidine rings is 1. The second kappa shape index (κ2) is 11.0. The summed E-state index contributed by atoms with van der Waals surface area (Å²) in [5.41, 5.74) is 0.714. The fourth-order valence-corrected chi connectivity index (χ4v) is 5.57. The average molecular weight is 471 g/mol. The van der Waals surface area contributed by atoms with Gasteiger partial charge in [-0.3, -0.25) is 14.5 Å². The van der Waals surface area contributed by atoms with Crippen LogP contribution in [-0.4, -0.2) is 47.4 Å². The topological polar surface area (TPSA) is 65.5 Å². The molecule has 2 amide bonds. The summed E-state index contributed by atoms with van der Waals surface area (Å²) in [6, 6.07) is 6.29. The minimum atomic E-state index is -0.492. The molecule has 1 saturated carbocycles. The van der Waals surface area contributed by atoms with Crippen LogP contribution in [0.15, 0.2) is 35.7 Å². The van der Waals surface area contributed by atoms with Gasteiger partial charge in [0.15, 0.2) is 5.13 Å². The largest absolute Gasteiger partial charge is 0.350 e. The summed E-state index contributed by atoms with van der Waals surface area (Å²) in [6.45, 7) is 4.65. The van der Waals surface area contributed by atoms with Gasteiger partial charge < -0.3 is 10.2 Å². The first kappa shape index (κ1) is 23.6. The van der Waals surface area contributed by atoms with Crippen molar-refractivity contribution in [2.24, 2.45) is 5.92 Å². The lowest BCUT2D eigenvalue weighted by atomic mass is 10.0. The van der Waals surface area contributed by atoms with E-state index < -0.39 is 5.82 Å². The molecule has 1 aliphatic heterocycles. The fraction of sp³-hybridized carbons (Fsp3) is 0.480. The van der Waals surface area contributed by atoms with Crippen LogP contribution in [0.25, 0.3) is 6.08 Å². The standard InChI is InChI=1S/C25H31FN4O2S/c1-18(31)30(23-9-5-4-8-22(23)26)25-28-21(17-33-25)10-11-24(32)27-20-12-14-29(15-13-20)16-19-6-2-3-7-19/h4-5,8-11,17,19-20H,2-3,6-7,12-16H2,1H3,(H,27,32)/b11-10+. The number of halogens is 1. The molecule has 176 valence electrons. The summed E-state index contributed by atoms with van der Waals surface area (Å²) < 4.78 is 14.2. The summed E-state index contributed by atoms with van der Waals surface area (Å²) in [5, 5.41) is 5.20. The first-order valence-corrected chi connectivity index (χ1v) is 12.6. The van der Waals surface area contributed by atoms with Crippen LogP contribution in [0, 0.1) is 11.7 Å². The van der Waals surface area contributed by atoms with E-state index in [1.165, 1.54) is 67.5 Å². The van der Waals surface area contributed by atoms with Crippen LogP contribution in [-0.2, 0) is 9.59 Å². The maximum Gasteiger partial charge on any atom is 0.244 e. The second-order valence-electron chi connectivity index (χ2n) is 8.93. The van der Waals surface area contributed by atoms with E-state index >= 15 is 0 Å². The number of carbonyl (C=O) groups excluding carboxylic acids is 2. The first-order valence-electron chi connectivity index (χ1n) is 11.7. The van der Waals surface area contributed by atoms with Crippen LogP contribution in [0.1, 0.15) is 51.1 Å². The molecule has 2 heterocycles. The van der Waals surface area contributed by atoms with Gasteiger partial charge in [-0.15, -0.1) is 11.3 Å². The number of hydrogen-bond acceptors (Lipinski definition) is 5. The number of thiazole rings is 1. The van der Waals surface area contributed by atoms with Crippen molar-refractivity contribution in [2.45, 2.75) is 51.5 Å². The lowest BCUT2D eigenvalue weighted by Crippen LogP contribution is -2.45. The van der Waals surface area contributed by atoms with Gasteiger partial charge >= 0.3 is 0 Å². The Morgan fingerprint density at radius 2 is 1.94 bits per heavy atom. The van der Waals surface area contributed by atoms with Crippen LogP contribution >= 0.6 is 11.3 Å². The Morgan fingerprint density at radius 3 is 2.64 bits per heavy atom. The molecule has 4 rings (SSSR count). The van der Waals surface area contributed by atoms with Crippen LogP contribution in [0.3, 0.4) is 0 Å². The van der Waals surface area contributed by atoms with E-state index in [9.17, 15) is 14.0 Å². The minimum Gasteiger partial charge on any atom is -0.350 e. The molecule has 33 heavy (non-hydrogen) atoms. The number of amides is 2. The average Bonchev–Trinajstić information content (AvgIpc) is 3.47. The Morgan fingerprint density at radius 1 is 1.21 bits per heavy atom. The van der Waals surface area contributed by atoms with Gasteiger partial charge in [0.1, 0.15) is 5.82 Å². The number of likely N-dealkylation sites (tertiary alicyclic amines) is 1. The van der Waals surface area contributed by atoms with Gasteiger partial charge in [0.25, 0.3) is 0 Å². The van der Waals surface area contributed by atoms with Gasteiger partial charge in [0, 0.05) is 44.1 Å². The molecular weight excluding hydrogens is 439 g/mol. The van der Waals surface area contributed by atoms with Gasteiger partial charge in [-0.1, -0.05) is 25.0 Å². The molecule has 0 spiro atoms. The zero-order valence-corrected chi connectivity index (χ0v) is 19.8. The third-order valence-electron chi connectivity index (χ3n) is 6.44. The van der Waals surface area contributed by atoms with Crippen molar-refractivity contribution < 1.29 is 14.0 Å². The number of nitrogens with one attached hydrogen (secondary N) is 1. The maximum atomic E-state index is 14.2. The van der Waals surface area contributed by atoms with E-state index in [0.29, 0.717) is 10.8 Å². The summed E-state index contributed by atoms with van der Waals surface area (Å²) in [6.07, 6.45) is 10.5. The summed E-state index contributed by atoms with van der Waals surface area (Å²) >= 11 is 1.23. The second-order valence-corrected chi connectivity index (χ2v) is 9.76. The van der Waals surface area contributed by atoms with Crippen molar-refractivity contribution in [3.05, 3.63) is 47.2 Å². The summed E-state index contributed by atoms with van der Waals surface area (Å²) in [7, 11) is 0. The number of benzene rings is 1. The van der Waals surface area contributed by atoms with E-state index in [4.69, 9.17) is 0 Å².